The molecule has 1 aromatic heterocycles. The monoisotopic (exact) mass is 272 g/mol. The first-order valence-electron chi connectivity index (χ1n) is 6.13. The fourth-order valence-electron chi connectivity index (χ4n) is 1.93. The summed E-state index contributed by atoms with van der Waals surface area (Å²) in [6.07, 6.45) is 1.55. The number of carbonyl (C=O) groups excluding carboxylic acids is 1. The quantitative estimate of drug-likeness (QED) is 0.801. The van der Waals surface area contributed by atoms with Crippen LogP contribution in [0.3, 0.4) is 0 Å². The van der Waals surface area contributed by atoms with Gasteiger partial charge in [0.25, 0.3) is 0 Å². The average molecular weight is 272 g/mol. The third-order valence-corrected chi connectivity index (χ3v) is 3.00. The van der Waals surface area contributed by atoms with E-state index in [0.717, 1.165) is 5.56 Å². The summed E-state index contributed by atoms with van der Waals surface area (Å²) in [5.74, 6) is 1.77. The van der Waals surface area contributed by atoms with Crippen molar-refractivity contribution >= 4 is 5.78 Å². The molecule has 5 nitrogen and oxygen atoms in total. The van der Waals surface area contributed by atoms with Crippen molar-refractivity contribution < 1.29 is 14.3 Å². The highest BCUT2D eigenvalue weighted by atomic mass is 16.5. The first-order chi connectivity index (χ1) is 9.56. The Labute approximate surface area is 117 Å². The maximum Gasteiger partial charge on any atom is 0.163 e. The average Bonchev–Trinajstić information content (AvgIpc) is 2.45. The third kappa shape index (κ3) is 2.61. The molecule has 0 aliphatic heterocycles. The Balaban J connectivity index is 2.46. The molecule has 0 fully saturated rings. The fourth-order valence-corrected chi connectivity index (χ4v) is 1.93. The molecule has 1 heterocycles. The molecule has 0 spiro atoms. The first kappa shape index (κ1) is 14.0. The molecule has 0 bridgehead atoms. The number of aromatic nitrogens is 2. The lowest BCUT2D eigenvalue weighted by molar-refractivity contribution is 0.101. The van der Waals surface area contributed by atoms with Crippen molar-refractivity contribution in [2.45, 2.75) is 13.8 Å². The normalized spacial score (nSPS) is 10.2. The van der Waals surface area contributed by atoms with Gasteiger partial charge in [-0.15, -0.1) is 0 Å². The van der Waals surface area contributed by atoms with Crippen LogP contribution in [0.4, 0.5) is 0 Å². The number of carbonyl (C=O) groups is 1. The van der Waals surface area contributed by atoms with Crippen molar-refractivity contribution in [2.24, 2.45) is 0 Å². The molecule has 0 saturated heterocycles. The molecule has 2 aromatic rings. The summed E-state index contributed by atoms with van der Waals surface area (Å²) in [6.45, 7) is 3.30. The van der Waals surface area contributed by atoms with Gasteiger partial charge >= 0.3 is 0 Å². The predicted molar refractivity (Wildman–Crippen MR) is 75.3 cm³/mol. The maximum absolute atomic E-state index is 11.4. The molecule has 0 atom stereocenters. The summed E-state index contributed by atoms with van der Waals surface area (Å²) >= 11 is 0. The van der Waals surface area contributed by atoms with Gasteiger partial charge in [-0.05, 0) is 32.0 Å². The van der Waals surface area contributed by atoms with E-state index in [4.69, 9.17) is 9.47 Å². The molecule has 104 valence electrons. The van der Waals surface area contributed by atoms with Crippen LogP contribution >= 0.6 is 0 Å². The number of nitrogens with zero attached hydrogens (tertiary/aromatic N) is 2. The number of hydrogen-bond donors (Lipinski definition) is 0. The molecule has 0 radical (unpaired) electrons. The zero-order chi connectivity index (χ0) is 14.7. The highest BCUT2D eigenvalue weighted by molar-refractivity contribution is 5.94. The molecule has 20 heavy (non-hydrogen) atoms. The van der Waals surface area contributed by atoms with Crippen LogP contribution in [0.25, 0.3) is 11.4 Å². The summed E-state index contributed by atoms with van der Waals surface area (Å²) in [5, 5.41) is 0. The van der Waals surface area contributed by atoms with Gasteiger partial charge in [0.15, 0.2) is 23.1 Å². The Bertz CT molecular complexity index is 654. The molecule has 2 rings (SSSR count). The van der Waals surface area contributed by atoms with E-state index in [0.29, 0.717) is 28.6 Å². The largest absolute Gasteiger partial charge is 0.493 e. The summed E-state index contributed by atoms with van der Waals surface area (Å²) in [4.78, 5) is 20.0. The Morgan fingerprint density at radius 1 is 1.15 bits per heavy atom. The van der Waals surface area contributed by atoms with Crippen LogP contribution in [0.5, 0.6) is 11.5 Å². The highest BCUT2D eigenvalue weighted by Gasteiger charge is 2.11. The predicted octanol–water partition coefficient (Wildman–Crippen LogP) is 2.67. The molecule has 5 heteroatoms. The minimum atomic E-state index is -0.0404. The standard InChI is InChI=1S/C15H16N2O3/c1-9-12(10(2)18)8-16-15(17-9)11-5-6-13(19-3)14(7-11)20-4/h5-8H,1-4H3. The van der Waals surface area contributed by atoms with Crippen LogP contribution in [0.2, 0.25) is 0 Å². The third-order valence-electron chi connectivity index (χ3n) is 3.00. The van der Waals surface area contributed by atoms with Crippen LogP contribution in [0.1, 0.15) is 23.0 Å². The van der Waals surface area contributed by atoms with E-state index < -0.39 is 0 Å². The van der Waals surface area contributed by atoms with E-state index in [9.17, 15) is 4.79 Å². The number of benzene rings is 1. The van der Waals surface area contributed by atoms with Crippen LogP contribution in [0.15, 0.2) is 24.4 Å². The smallest absolute Gasteiger partial charge is 0.163 e. The number of Topliss-reactive ketones (excluding diaryl/α,β-unsaturated/α-hetero) is 1. The second-order valence-corrected chi connectivity index (χ2v) is 4.32. The minimum absolute atomic E-state index is 0.0404. The van der Waals surface area contributed by atoms with Crippen LogP contribution in [0, 0.1) is 6.92 Å². The van der Waals surface area contributed by atoms with Gasteiger partial charge in [0, 0.05) is 11.8 Å². The first-order valence-corrected chi connectivity index (χ1v) is 6.13. The molecule has 0 aliphatic carbocycles. The van der Waals surface area contributed by atoms with E-state index in [1.54, 1.807) is 39.5 Å². The number of ketones is 1. The lowest BCUT2D eigenvalue weighted by Crippen LogP contribution is -2.02. The van der Waals surface area contributed by atoms with Gasteiger partial charge in [0.2, 0.25) is 0 Å². The summed E-state index contributed by atoms with van der Waals surface area (Å²) in [6, 6.07) is 5.45. The molecule has 0 amide bonds. The number of rotatable bonds is 4. The number of aryl methyl sites for hydroxylation is 1. The van der Waals surface area contributed by atoms with Crippen LogP contribution in [-0.4, -0.2) is 30.0 Å². The molecule has 0 unspecified atom stereocenters. The van der Waals surface area contributed by atoms with Crippen molar-refractivity contribution in [1.29, 1.82) is 0 Å². The summed E-state index contributed by atoms with van der Waals surface area (Å²) in [7, 11) is 3.16. The maximum atomic E-state index is 11.4. The van der Waals surface area contributed by atoms with E-state index >= 15 is 0 Å². The lowest BCUT2D eigenvalue weighted by atomic mass is 10.1. The molecule has 0 saturated carbocycles. The van der Waals surface area contributed by atoms with Gasteiger partial charge in [-0.2, -0.15) is 0 Å². The Kier molecular flexibility index (Phi) is 3.98. The number of hydrogen-bond acceptors (Lipinski definition) is 5. The number of methoxy groups -OCH3 is 2. The van der Waals surface area contributed by atoms with E-state index in [-0.39, 0.29) is 5.78 Å². The summed E-state index contributed by atoms with van der Waals surface area (Å²) in [5.41, 5.74) is 2.01. The zero-order valence-corrected chi connectivity index (χ0v) is 11.9. The van der Waals surface area contributed by atoms with Gasteiger partial charge in [-0.25, -0.2) is 9.97 Å². The van der Waals surface area contributed by atoms with Crippen molar-refractivity contribution in [1.82, 2.24) is 9.97 Å². The molecular formula is C15H16N2O3. The van der Waals surface area contributed by atoms with Gasteiger partial charge < -0.3 is 9.47 Å². The zero-order valence-electron chi connectivity index (χ0n) is 11.9. The van der Waals surface area contributed by atoms with Crippen molar-refractivity contribution in [2.75, 3.05) is 14.2 Å². The highest BCUT2D eigenvalue weighted by Crippen LogP contribution is 2.31. The SMILES string of the molecule is COc1ccc(-c2ncc(C(C)=O)c(C)n2)cc1OC. The molecule has 0 aliphatic rings. The number of ether oxygens (including phenoxy) is 2. The molecule has 0 N–H and O–H groups in total. The lowest BCUT2D eigenvalue weighted by Gasteiger charge is -2.09. The van der Waals surface area contributed by atoms with Gasteiger partial charge in [-0.1, -0.05) is 0 Å². The van der Waals surface area contributed by atoms with Crippen molar-refractivity contribution in [3.05, 3.63) is 35.7 Å². The second kappa shape index (κ2) is 5.69. The Morgan fingerprint density at radius 2 is 1.85 bits per heavy atom. The molecule has 1 aromatic carbocycles. The molecular weight excluding hydrogens is 256 g/mol. The summed E-state index contributed by atoms with van der Waals surface area (Å²) < 4.78 is 10.4. The van der Waals surface area contributed by atoms with Crippen LogP contribution < -0.4 is 9.47 Å². The second-order valence-electron chi connectivity index (χ2n) is 4.32. The van der Waals surface area contributed by atoms with Crippen molar-refractivity contribution in [3.63, 3.8) is 0 Å². The Morgan fingerprint density at radius 3 is 2.40 bits per heavy atom. The van der Waals surface area contributed by atoms with Gasteiger partial charge in [-0.3, -0.25) is 4.79 Å². The topological polar surface area (TPSA) is 61.3 Å². The van der Waals surface area contributed by atoms with E-state index in [1.807, 2.05) is 6.07 Å². The minimum Gasteiger partial charge on any atom is -0.493 e. The van der Waals surface area contributed by atoms with E-state index in [2.05, 4.69) is 9.97 Å². The van der Waals surface area contributed by atoms with Crippen molar-refractivity contribution in [3.8, 4) is 22.9 Å². The van der Waals surface area contributed by atoms with Gasteiger partial charge in [0.1, 0.15) is 0 Å². The van der Waals surface area contributed by atoms with Crippen LogP contribution in [-0.2, 0) is 0 Å². The van der Waals surface area contributed by atoms with E-state index in [1.165, 1.54) is 6.92 Å². The fraction of sp³-hybridized carbons (Fsp3) is 0.267. The Hall–Kier alpha value is -2.43. The van der Waals surface area contributed by atoms with Gasteiger partial charge in [0.05, 0.1) is 25.5 Å².